The van der Waals surface area contributed by atoms with Crippen LogP contribution in [0.3, 0.4) is 0 Å². The largest absolute Gasteiger partial charge is 0.491 e. The van der Waals surface area contributed by atoms with E-state index in [1.54, 1.807) is 30.3 Å². The summed E-state index contributed by atoms with van der Waals surface area (Å²) in [7, 11) is 0. The van der Waals surface area contributed by atoms with Crippen molar-refractivity contribution in [3.05, 3.63) is 95.6 Å². The first-order valence-corrected chi connectivity index (χ1v) is 12.5. The van der Waals surface area contributed by atoms with E-state index in [2.05, 4.69) is 4.99 Å². The van der Waals surface area contributed by atoms with Gasteiger partial charge in [0, 0.05) is 5.02 Å². The fourth-order valence-electron chi connectivity index (χ4n) is 3.90. The number of allylic oxidation sites excluding steroid dienone is 1. The number of aromatic nitrogens is 1. The quantitative estimate of drug-likeness (QED) is 0.414. The van der Waals surface area contributed by atoms with Gasteiger partial charge in [-0.25, -0.2) is 9.79 Å². The predicted octanol–water partition coefficient (Wildman–Crippen LogP) is 4.78. The topological polar surface area (TPSA) is 69.9 Å². The zero-order valence-electron chi connectivity index (χ0n) is 20.0. The Balaban J connectivity index is 1.98. The van der Waals surface area contributed by atoms with Crippen LogP contribution in [0.2, 0.25) is 5.02 Å². The van der Waals surface area contributed by atoms with E-state index in [1.165, 1.54) is 31.2 Å². The molecule has 37 heavy (non-hydrogen) atoms. The van der Waals surface area contributed by atoms with Crippen molar-refractivity contribution in [3.63, 3.8) is 0 Å². The number of halogens is 4. The lowest BCUT2D eigenvalue weighted by Gasteiger charge is -2.26. The van der Waals surface area contributed by atoms with Crippen molar-refractivity contribution in [2.75, 3.05) is 6.61 Å². The molecule has 11 heteroatoms. The Kier molecular flexibility index (Phi) is 7.61. The van der Waals surface area contributed by atoms with Crippen LogP contribution in [-0.4, -0.2) is 29.4 Å². The molecule has 4 rings (SSSR count). The Morgan fingerprint density at radius 3 is 2.54 bits per heavy atom. The number of esters is 1. The number of carbonyl (C=O) groups excluding carboxylic acids is 1. The van der Waals surface area contributed by atoms with Gasteiger partial charge >= 0.3 is 12.1 Å². The first-order valence-electron chi connectivity index (χ1n) is 11.3. The van der Waals surface area contributed by atoms with E-state index >= 15 is 0 Å². The zero-order valence-corrected chi connectivity index (χ0v) is 21.6. The molecule has 2 heterocycles. The number of alkyl halides is 3. The molecule has 3 aromatic rings. The second-order valence-electron chi connectivity index (χ2n) is 8.35. The van der Waals surface area contributed by atoms with Crippen LogP contribution >= 0.6 is 22.9 Å². The molecule has 1 atom stereocenters. The highest BCUT2D eigenvalue weighted by atomic mass is 35.5. The molecule has 194 valence electrons. The molecule has 0 radical (unpaired) electrons. The van der Waals surface area contributed by atoms with Gasteiger partial charge in [-0.1, -0.05) is 47.2 Å². The molecule has 0 amide bonds. The minimum Gasteiger partial charge on any atom is -0.491 e. The highest BCUT2D eigenvalue weighted by molar-refractivity contribution is 7.07. The fraction of sp³-hybridized carbons (Fsp3) is 0.269. The number of benzene rings is 2. The van der Waals surface area contributed by atoms with Crippen LogP contribution in [0.1, 0.15) is 37.9 Å². The summed E-state index contributed by atoms with van der Waals surface area (Å²) in [4.78, 5) is 30.0. The van der Waals surface area contributed by atoms with Crippen LogP contribution in [0.25, 0.3) is 6.08 Å². The third-order valence-corrected chi connectivity index (χ3v) is 6.54. The van der Waals surface area contributed by atoms with Gasteiger partial charge in [0.1, 0.15) is 5.75 Å². The highest BCUT2D eigenvalue weighted by Gasteiger charge is 2.45. The molecule has 0 saturated heterocycles. The smallest absolute Gasteiger partial charge is 0.434 e. The van der Waals surface area contributed by atoms with Gasteiger partial charge in [-0.05, 0) is 62.2 Å². The molecule has 1 aliphatic rings. The molecule has 0 aliphatic carbocycles. The van der Waals surface area contributed by atoms with Crippen molar-refractivity contribution < 1.29 is 27.4 Å². The molecule has 0 fully saturated rings. The summed E-state index contributed by atoms with van der Waals surface area (Å²) in [5.41, 5.74) is -1.88. The maximum atomic E-state index is 14.2. The maximum absolute atomic E-state index is 14.2. The third kappa shape index (κ3) is 5.65. The monoisotopic (exact) mass is 550 g/mol. The van der Waals surface area contributed by atoms with E-state index in [0.717, 1.165) is 15.9 Å². The molecular formula is C26H22ClF3N2O4S. The van der Waals surface area contributed by atoms with Gasteiger partial charge in [-0.2, -0.15) is 13.2 Å². The van der Waals surface area contributed by atoms with Gasteiger partial charge in [0.25, 0.3) is 5.56 Å². The first kappa shape index (κ1) is 26.7. The minimum absolute atomic E-state index is 0.0676. The van der Waals surface area contributed by atoms with Crippen molar-refractivity contribution in [2.45, 2.75) is 39.1 Å². The van der Waals surface area contributed by atoms with Gasteiger partial charge < -0.3 is 9.47 Å². The van der Waals surface area contributed by atoms with E-state index in [1.807, 2.05) is 13.8 Å². The predicted molar refractivity (Wildman–Crippen MR) is 134 cm³/mol. The van der Waals surface area contributed by atoms with E-state index in [-0.39, 0.29) is 27.6 Å². The number of carbonyl (C=O) groups is 1. The number of fused-ring (bicyclic) bond motifs is 1. The molecular weight excluding hydrogens is 529 g/mol. The molecule has 1 aliphatic heterocycles. The van der Waals surface area contributed by atoms with Crippen molar-refractivity contribution in [2.24, 2.45) is 4.99 Å². The Bertz CT molecular complexity index is 1540. The van der Waals surface area contributed by atoms with Crippen LogP contribution < -0.4 is 19.6 Å². The van der Waals surface area contributed by atoms with Crippen LogP contribution in [0.5, 0.6) is 5.75 Å². The Hall–Kier alpha value is -3.37. The van der Waals surface area contributed by atoms with Gasteiger partial charge in [-0.3, -0.25) is 9.36 Å². The minimum atomic E-state index is -4.97. The van der Waals surface area contributed by atoms with E-state index in [9.17, 15) is 22.8 Å². The van der Waals surface area contributed by atoms with Gasteiger partial charge in [0.05, 0.1) is 28.9 Å². The average molecular weight is 551 g/mol. The van der Waals surface area contributed by atoms with Gasteiger partial charge in [-0.15, -0.1) is 0 Å². The summed E-state index contributed by atoms with van der Waals surface area (Å²) < 4.78 is 54.4. The molecule has 0 saturated carbocycles. The van der Waals surface area contributed by atoms with Crippen LogP contribution in [-0.2, 0) is 9.53 Å². The normalized spacial score (nSPS) is 16.0. The summed E-state index contributed by atoms with van der Waals surface area (Å²) in [6.45, 7) is 5.08. The number of ether oxygens (including phenoxy) is 2. The molecule has 0 N–H and O–H groups in total. The lowest BCUT2D eigenvalue weighted by molar-refractivity contribution is -0.140. The fourth-order valence-corrected chi connectivity index (χ4v) is 5.03. The van der Waals surface area contributed by atoms with E-state index in [4.69, 9.17) is 21.1 Å². The molecule has 0 unspecified atom stereocenters. The SMILES string of the molecule is CCOC(=O)C1=C(C(F)(F)F)N=c2s/c(=C\c3cccc(OC(C)C)c3)c(=O)n2[C@H]1c1ccc(Cl)cc1. The van der Waals surface area contributed by atoms with Crippen molar-refractivity contribution in [3.8, 4) is 5.75 Å². The van der Waals surface area contributed by atoms with Crippen molar-refractivity contribution in [1.29, 1.82) is 0 Å². The van der Waals surface area contributed by atoms with Crippen LogP contribution in [0.4, 0.5) is 13.2 Å². The second kappa shape index (κ2) is 10.5. The summed E-state index contributed by atoms with van der Waals surface area (Å²) in [5.74, 6) is -0.620. The number of thiazole rings is 1. The van der Waals surface area contributed by atoms with Gasteiger partial charge in [0.15, 0.2) is 10.5 Å². The zero-order chi connectivity index (χ0) is 26.9. The Morgan fingerprint density at radius 1 is 1.22 bits per heavy atom. The first-order chi connectivity index (χ1) is 17.5. The van der Waals surface area contributed by atoms with Crippen molar-refractivity contribution in [1.82, 2.24) is 4.57 Å². The summed E-state index contributed by atoms with van der Waals surface area (Å²) in [6, 6.07) is 11.4. The lowest BCUT2D eigenvalue weighted by atomic mass is 9.95. The summed E-state index contributed by atoms with van der Waals surface area (Å²) >= 11 is 6.79. The number of hydrogen-bond acceptors (Lipinski definition) is 6. The molecule has 6 nitrogen and oxygen atoms in total. The van der Waals surface area contributed by atoms with Gasteiger partial charge in [0.2, 0.25) is 0 Å². The van der Waals surface area contributed by atoms with E-state index in [0.29, 0.717) is 16.3 Å². The third-order valence-electron chi connectivity index (χ3n) is 5.31. The maximum Gasteiger partial charge on any atom is 0.434 e. The summed E-state index contributed by atoms with van der Waals surface area (Å²) in [6.07, 6.45) is -3.48. The van der Waals surface area contributed by atoms with Crippen molar-refractivity contribution >= 4 is 35.0 Å². The molecule has 2 aromatic carbocycles. The lowest BCUT2D eigenvalue weighted by Crippen LogP contribution is -2.41. The standard InChI is InChI=1S/C26H22ClF3N2O4S/c1-4-35-24(34)20-21(16-8-10-17(27)11-9-16)32-23(33)19(37-25(32)31-22(20)26(28,29)30)13-15-6-5-7-18(12-15)36-14(2)3/h5-14,21H,4H2,1-3H3/b19-13-/t21-/m0/s1. The van der Waals surface area contributed by atoms with Crippen LogP contribution in [0.15, 0.2) is 69.6 Å². The average Bonchev–Trinajstić information content (AvgIpc) is 3.13. The number of rotatable bonds is 6. The van der Waals surface area contributed by atoms with Crippen LogP contribution in [0, 0.1) is 0 Å². The number of hydrogen-bond donors (Lipinski definition) is 0. The van der Waals surface area contributed by atoms with E-state index < -0.39 is 35.0 Å². The number of nitrogens with zero attached hydrogens (tertiary/aromatic N) is 2. The summed E-state index contributed by atoms with van der Waals surface area (Å²) in [5, 5.41) is 0.345. The molecule has 1 aromatic heterocycles. The Morgan fingerprint density at radius 2 is 1.92 bits per heavy atom. The Labute approximate surface area is 218 Å². The molecule has 0 spiro atoms. The highest BCUT2D eigenvalue weighted by Crippen LogP contribution is 2.38. The molecule has 0 bridgehead atoms. The second-order valence-corrected chi connectivity index (χ2v) is 9.80.